The van der Waals surface area contributed by atoms with Crippen LogP contribution in [0, 0.1) is 0 Å². The van der Waals surface area contributed by atoms with Gasteiger partial charge in [-0.3, -0.25) is 9.78 Å². The van der Waals surface area contributed by atoms with Crippen LogP contribution in [-0.2, 0) is 0 Å². The fourth-order valence-electron chi connectivity index (χ4n) is 1.55. The van der Waals surface area contributed by atoms with Crippen LogP contribution in [0.15, 0.2) is 42.7 Å². The van der Waals surface area contributed by atoms with E-state index in [-0.39, 0.29) is 17.2 Å². The van der Waals surface area contributed by atoms with Crippen molar-refractivity contribution in [3.63, 3.8) is 0 Å². The Hall–Kier alpha value is -2.07. The molecule has 0 saturated carbocycles. The van der Waals surface area contributed by atoms with Crippen molar-refractivity contribution in [3.05, 3.63) is 53.3 Å². The summed E-state index contributed by atoms with van der Waals surface area (Å²) < 4.78 is 0. The Morgan fingerprint density at radius 3 is 2.61 bits per heavy atom. The number of aromatic nitrogens is 1. The SMILES string of the molecule is CN(C(=O)c1cc(Cl)ccc1O)c1ccncc1. The Morgan fingerprint density at radius 1 is 1.28 bits per heavy atom. The van der Waals surface area contributed by atoms with E-state index < -0.39 is 0 Å². The molecule has 0 aliphatic carbocycles. The minimum Gasteiger partial charge on any atom is -0.507 e. The first-order valence-electron chi connectivity index (χ1n) is 5.26. The number of halogens is 1. The lowest BCUT2D eigenvalue weighted by Crippen LogP contribution is -2.26. The summed E-state index contributed by atoms with van der Waals surface area (Å²) in [6, 6.07) is 7.78. The first kappa shape index (κ1) is 12.4. The molecular formula is C13H11ClN2O2. The van der Waals surface area contributed by atoms with Crippen LogP contribution in [0.2, 0.25) is 5.02 Å². The van der Waals surface area contributed by atoms with E-state index in [2.05, 4.69) is 4.98 Å². The third-order valence-corrected chi connectivity index (χ3v) is 2.78. The van der Waals surface area contributed by atoms with E-state index in [4.69, 9.17) is 11.6 Å². The smallest absolute Gasteiger partial charge is 0.261 e. The number of pyridine rings is 1. The number of phenolic OH excluding ortho intramolecular Hbond substituents is 1. The molecule has 92 valence electrons. The highest BCUT2D eigenvalue weighted by atomic mass is 35.5. The van der Waals surface area contributed by atoms with Crippen molar-refractivity contribution >= 4 is 23.2 Å². The van der Waals surface area contributed by atoms with Gasteiger partial charge in [0.1, 0.15) is 5.75 Å². The molecule has 18 heavy (non-hydrogen) atoms. The van der Waals surface area contributed by atoms with Gasteiger partial charge in [-0.2, -0.15) is 0 Å². The molecule has 0 aliphatic rings. The molecule has 4 nitrogen and oxygen atoms in total. The number of anilines is 1. The van der Waals surface area contributed by atoms with Crippen LogP contribution in [0.3, 0.4) is 0 Å². The third-order valence-electron chi connectivity index (χ3n) is 2.54. The Kier molecular flexibility index (Phi) is 3.48. The molecule has 0 aliphatic heterocycles. The van der Waals surface area contributed by atoms with Gasteiger partial charge in [0.05, 0.1) is 5.56 Å². The molecule has 0 bridgehead atoms. The normalized spacial score (nSPS) is 10.1. The van der Waals surface area contributed by atoms with E-state index in [1.807, 2.05) is 0 Å². The number of carbonyl (C=O) groups is 1. The van der Waals surface area contributed by atoms with Gasteiger partial charge < -0.3 is 10.0 Å². The highest BCUT2D eigenvalue weighted by Gasteiger charge is 2.17. The average molecular weight is 263 g/mol. The summed E-state index contributed by atoms with van der Waals surface area (Å²) in [6.45, 7) is 0. The Labute approximate surface area is 109 Å². The molecule has 2 aromatic rings. The molecule has 0 spiro atoms. The van der Waals surface area contributed by atoms with Gasteiger partial charge >= 0.3 is 0 Å². The molecule has 0 fully saturated rings. The number of hydrogen-bond donors (Lipinski definition) is 1. The summed E-state index contributed by atoms with van der Waals surface area (Å²) in [5.41, 5.74) is 0.858. The standard InChI is InChI=1S/C13H11ClN2O2/c1-16(10-4-6-15-7-5-10)13(18)11-8-9(14)2-3-12(11)17/h2-8,17H,1H3. The Morgan fingerprint density at radius 2 is 1.94 bits per heavy atom. The van der Waals surface area contributed by atoms with Gasteiger partial charge in [0.15, 0.2) is 0 Å². The second-order valence-electron chi connectivity index (χ2n) is 3.73. The maximum absolute atomic E-state index is 12.2. The summed E-state index contributed by atoms with van der Waals surface area (Å²) in [6.07, 6.45) is 3.19. The highest BCUT2D eigenvalue weighted by molar-refractivity contribution is 6.31. The molecule has 0 saturated heterocycles. The molecule has 1 N–H and O–H groups in total. The van der Waals surface area contributed by atoms with Crippen molar-refractivity contribution in [2.75, 3.05) is 11.9 Å². The molecule has 2 rings (SSSR count). The molecule has 0 atom stereocenters. The zero-order valence-electron chi connectivity index (χ0n) is 9.67. The fourth-order valence-corrected chi connectivity index (χ4v) is 1.72. The lowest BCUT2D eigenvalue weighted by molar-refractivity contribution is 0.0990. The lowest BCUT2D eigenvalue weighted by atomic mass is 10.1. The van der Waals surface area contributed by atoms with Crippen LogP contribution in [0.4, 0.5) is 5.69 Å². The van der Waals surface area contributed by atoms with Gasteiger partial charge in [0.2, 0.25) is 0 Å². The van der Waals surface area contributed by atoms with Crippen LogP contribution in [0.1, 0.15) is 10.4 Å². The summed E-state index contributed by atoms with van der Waals surface area (Å²) >= 11 is 5.82. The van der Waals surface area contributed by atoms with Gasteiger partial charge in [-0.1, -0.05) is 11.6 Å². The summed E-state index contributed by atoms with van der Waals surface area (Å²) in [4.78, 5) is 17.5. The van der Waals surface area contributed by atoms with E-state index in [0.717, 1.165) is 0 Å². The van der Waals surface area contributed by atoms with Crippen molar-refractivity contribution in [1.29, 1.82) is 0 Å². The first-order chi connectivity index (χ1) is 8.59. The van der Waals surface area contributed by atoms with E-state index in [1.165, 1.54) is 23.1 Å². The first-order valence-corrected chi connectivity index (χ1v) is 5.64. The number of nitrogens with zero attached hydrogens (tertiary/aromatic N) is 2. The molecule has 0 radical (unpaired) electrons. The van der Waals surface area contributed by atoms with Crippen molar-refractivity contribution < 1.29 is 9.90 Å². The van der Waals surface area contributed by atoms with Gasteiger partial charge in [0, 0.05) is 30.2 Å². The van der Waals surface area contributed by atoms with Crippen molar-refractivity contribution in [2.45, 2.75) is 0 Å². The molecule has 1 aromatic heterocycles. The summed E-state index contributed by atoms with van der Waals surface area (Å²) in [5, 5.41) is 10.1. The van der Waals surface area contributed by atoms with Crippen molar-refractivity contribution in [1.82, 2.24) is 4.98 Å². The quantitative estimate of drug-likeness (QED) is 0.905. The van der Waals surface area contributed by atoms with Crippen LogP contribution in [0.5, 0.6) is 5.75 Å². The maximum Gasteiger partial charge on any atom is 0.261 e. The number of carbonyl (C=O) groups excluding carboxylic acids is 1. The van der Waals surface area contributed by atoms with E-state index in [1.54, 1.807) is 31.6 Å². The monoisotopic (exact) mass is 262 g/mol. The number of rotatable bonds is 2. The highest BCUT2D eigenvalue weighted by Crippen LogP contribution is 2.24. The molecule has 1 heterocycles. The van der Waals surface area contributed by atoms with E-state index in [9.17, 15) is 9.90 Å². The molecule has 1 aromatic carbocycles. The zero-order chi connectivity index (χ0) is 13.1. The minimum absolute atomic E-state index is 0.0923. The topological polar surface area (TPSA) is 53.4 Å². The molecule has 5 heteroatoms. The maximum atomic E-state index is 12.2. The van der Waals surface area contributed by atoms with Crippen LogP contribution < -0.4 is 4.90 Å². The minimum atomic E-state index is -0.332. The van der Waals surface area contributed by atoms with Crippen molar-refractivity contribution in [2.24, 2.45) is 0 Å². The summed E-state index contributed by atoms with van der Waals surface area (Å²) in [7, 11) is 1.62. The summed E-state index contributed by atoms with van der Waals surface area (Å²) in [5.74, 6) is -0.425. The van der Waals surface area contributed by atoms with Gasteiger partial charge in [-0.05, 0) is 30.3 Å². The largest absolute Gasteiger partial charge is 0.507 e. The van der Waals surface area contributed by atoms with Crippen LogP contribution in [-0.4, -0.2) is 23.0 Å². The second-order valence-corrected chi connectivity index (χ2v) is 4.17. The average Bonchev–Trinajstić information content (AvgIpc) is 2.41. The Balaban J connectivity index is 2.34. The predicted octanol–water partition coefficient (Wildman–Crippen LogP) is 2.72. The van der Waals surface area contributed by atoms with Crippen LogP contribution in [0.25, 0.3) is 0 Å². The lowest BCUT2D eigenvalue weighted by Gasteiger charge is -2.17. The molecular weight excluding hydrogens is 252 g/mol. The number of benzene rings is 1. The zero-order valence-corrected chi connectivity index (χ0v) is 10.4. The predicted molar refractivity (Wildman–Crippen MR) is 70.1 cm³/mol. The third kappa shape index (κ3) is 2.43. The molecule has 0 unspecified atom stereocenters. The number of aromatic hydroxyl groups is 1. The number of phenols is 1. The van der Waals surface area contributed by atoms with E-state index >= 15 is 0 Å². The van der Waals surface area contributed by atoms with Crippen molar-refractivity contribution in [3.8, 4) is 5.75 Å². The number of amides is 1. The fraction of sp³-hybridized carbons (Fsp3) is 0.0769. The van der Waals surface area contributed by atoms with Crippen LogP contribution >= 0.6 is 11.6 Å². The number of hydrogen-bond acceptors (Lipinski definition) is 3. The Bertz CT molecular complexity index is 572. The van der Waals surface area contributed by atoms with E-state index in [0.29, 0.717) is 10.7 Å². The van der Waals surface area contributed by atoms with Gasteiger partial charge in [-0.15, -0.1) is 0 Å². The van der Waals surface area contributed by atoms with Gasteiger partial charge in [-0.25, -0.2) is 0 Å². The molecule has 1 amide bonds. The second kappa shape index (κ2) is 5.06. The van der Waals surface area contributed by atoms with Gasteiger partial charge in [0.25, 0.3) is 5.91 Å².